The highest BCUT2D eigenvalue weighted by Gasteiger charge is 2.38. The first-order valence-electron chi connectivity index (χ1n) is 9.74. The quantitative estimate of drug-likeness (QED) is 0.273. The Morgan fingerprint density at radius 1 is 1.09 bits per heavy atom. The number of hydrogen-bond acceptors (Lipinski definition) is 3. The number of rotatable bonds is 4. The van der Waals surface area contributed by atoms with Gasteiger partial charge in [-0.25, -0.2) is 13.2 Å². The van der Waals surface area contributed by atoms with Gasteiger partial charge in [-0.05, 0) is 37.0 Å². The van der Waals surface area contributed by atoms with E-state index in [1.165, 1.54) is 12.1 Å². The number of fused-ring (bicyclic) bond motifs is 1. The van der Waals surface area contributed by atoms with E-state index in [4.69, 9.17) is 16.3 Å². The molecule has 0 saturated heterocycles. The van der Waals surface area contributed by atoms with Crippen LogP contribution in [0.3, 0.4) is 0 Å². The molecule has 1 aromatic heterocycles. The largest absolute Gasteiger partial charge is 0.619 e. The van der Waals surface area contributed by atoms with Crippen LogP contribution in [0.2, 0.25) is 5.02 Å². The van der Waals surface area contributed by atoms with Crippen LogP contribution >= 0.6 is 11.6 Å². The number of halogens is 7. The van der Waals surface area contributed by atoms with E-state index in [1.807, 2.05) is 0 Å². The molecule has 0 aliphatic heterocycles. The Morgan fingerprint density at radius 3 is 2.47 bits per heavy atom. The molecule has 5 nitrogen and oxygen atoms in total. The second-order valence-electron chi connectivity index (χ2n) is 7.41. The fourth-order valence-electron chi connectivity index (χ4n) is 3.70. The zero-order valence-corrected chi connectivity index (χ0v) is 17.7. The summed E-state index contributed by atoms with van der Waals surface area (Å²) in [5, 5.41) is 12.2. The van der Waals surface area contributed by atoms with Gasteiger partial charge >= 0.3 is 6.18 Å². The third-order valence-corrected chi connectivity index (χ3v) is 5.57. The van der Waals surface area contributed by atoms with Crippen molar-refractivity contribution in [2.75, 3.05) is 5.32 Å². The molecule has 3 aromatic rings. The summed E-state index contributed by atoms with van der Waals surface area (Å²) < 4.78 is 89.3. The van der Waals surface area contributed by atoms with Crippen LogP contribution in [-0.2, 0) is 19.0 Å². The molecular weight excluding hydrogens is 490 g/mol. The molecule has 12 heteroatoms. The van der Waals surface area contributed by atoms with Crippen molar-refractivity contribution in [1.82, 2.24) is 0 Å². The van der Waals surface area contributed by atoms with Crippen molar-refractivity contribution in [2.24, 2.45) is 0 Å². The molecule has 1 amide bonds. The molecule has 1 aliphatic carbocycles. The fraction of sp³-hybridized carbons (Fsp3) is 0.182. The number of carbonyl (C=O) groups is 1. The fourth-order valence-corrected chi connectivity index (χ4v) is 3.96. The van der Waals surface area contributed by atoms with Crippen molar-refractivity contribution in [3.63, 3.8) is 0 Å². The molecule has 1 N–H and O–H groups in total. The monoisotopic (exact) mass is 502 g/mol. The van der Waals surface area contributed by atoms with Crippen LogP contribution in [0.25, 0.3) is 0 Å². The molecule has 0 unspecified atom stereocenters. The Hall–Kier alpha value is -3.47. The lowest BCUT2D eigenvalue weighted by Gasteiger charge is -2.18. The second-order valence-corrected chi connectivity index (χ2v) is 7.79. The van der Waals surface area contributed by atoms with Crippen molar-refractivity contribution >= 4 is 23.2 Å². The maximum absolute atomic E-state index is 15.0. The summed E-state index contributed by atoms with van der Waals surface area (Å²) in [6, 6.07) is 3.47. The van der Waals surface area contributed by atoms with Gasteiger partial charge in [-0.2, -0.15) is 17.9 Å². The number of alkyl halides is 3. The van der Waals surface area contributed by atoms with E-state index >= 15 is 4.39 Å². The zero-order valence-electron chi connectivity index (χ0n) is 16.9. The van der Waals surface area contributed by atoms with Crippen LogP contribution in [0.15, 0.2) is 36.7 Å². The van der Waals surface area contributed by atoms with E-state index < -0.39 is 51.4 Å². The van der Waals surface area contributed by atoms with Crippen molar-refractivity contribution in [3.05, 3.63) is 86.6 Å². The first-order chi connectivity index (χ1) is 16.0. The summed E-state index contributed by atoms with van der Waals surface area (Å²) in [7, 11) is 0. The lowest BCUT2D eigenvalue weighted by atomic mass is 10.1. The number of ether oxygens (including phenoxy) is 1. The lowest BCUT2D eigenvalue weighted by Crippen LogP contribution is -2.26. The van der Waals surface area contributed by atoms with Crippen LogP contribution in [0.1, 0.15) is 33.5 Å². The first kappa shape index (κ1) is 23.7. The van der Waals surface area contributed by atoms with E-state index in [9.17, 15) is 32.0 Å². The van der Waals surface area contributed by atoms with Gasteiger partial charge in [0.1, 0.15) is 22.7 Å². The van der Waals surface area contributed by atoms with Crippen LogP contribution < -0.4 is 14.8 Å². The molecule has 1 heterocycles. The number of aromatic nitrogens is 1. The van der Waals surface area contributed by atoms with Crippen molar-refractivity contribution < 1.29 is 40.6 Å². The summed E-state index contributed by atoms with van der Waals surface area (Å²) >= 11 is 5.58. The Morgan fingerprint density at radius 2 is 1.79 bits per heavy atom. The van der Waals surface area contributed by atoms with Gasteiger partial charge in [0.25, 0.3) is 5.91 Å². The molecule has 178 valence electrons. The molecule has 4 rings (SSSR count). The van der Waals surface area contributed by atoms with Gasteiger partial charge in [-0.1, -0.05) is 11.6 Å². The average molecular weight is 503 g/mol. The minimum Gasteiger partial charge on any atom is -0.619 e. The number of benzene rings is 2. The average Bonchev–Trinajstić information content (AvgIpc) is 3.24. The van der Waals surface area contributed by atoms with E-state index in [0.29, 0.717) is 23.3 Å². The van der Waals surface area contributed by atoms with Crippen molar-refractivity contribution in [2.45, 2.75) is 25.4 Å². The number of hydrogen-bond donors (Lipinski definition) is 1. The Bertz CT molecular complexity index is 1310. The molecule has 0 radical (unpaired) electrons. The van der Waals surface area contributed by atoms with E-state index in [0.717, 1.165) is 12.4 Å². The summed E-state index contributed by atoms with van der Waals surface area (Å²) in [4.78, 5) is 12.8. The molecule has 0 fully saturated rings. The van der Waals surface area contributed by atoms with Gasteiger partial charge in [-0.15, -0.1) is 0 Å². The third-order valence-electron chi connectivity index (χ3n) is 5.20. The molecular formula is C22H13ClF6N2O3. The van der Waals surface area contributed by atoms with Crippen LogP contribution in [0.5, 0.6) is 11.5 Å². The van der Waals surface area contributed by atoms with Crippen molar-refractivity contribution in [3.8, 4) is 11.5 Å². The second kappa shape index (κ2) is 8.71. The van der Waals surface area contributed by atoms with Gasteiger partial charge in [-0.3, -0.25) is 4.79 Å². The number of carbonyl (C=O) groups excluding carboxylic acids is 1. The number of nitrogens with zero attached hydrogens (tertiary/aromatic N) is 1. The van der Waals surface area contributed by atoms with E-state index in [-0.39, 0.29) is 35.4 Å². The van der Waals surface area contributed by atoms with Crippen LogP contribution in [0, 0.1) is 22.7 Å². The summed E-state index contributed by atoms with van der Waals surface area (Å²) in [6.45, 7) is 0. The van der Waals surface area contributed by atoms with Gasteiger partial charge in [0.15, 0.2) is 23.6 Å². The summed E-state index contributed by atoms with van der Waals surface area (Å²) in [6.07, 6.45) is -2.25. The van der Waals surface area contributed by atoms with Crippen LogP contribution in [-0.4, -0.2) is 5.91 Å². The summed E-state index contributed by atoms with van der Waals surface area (Å²) in [5.41, 5.74) is -2.55. The molecule has 0 spiro atoms. The summed E-state index contributed by atoms with van der Waals surface area (Å²) in [5.74, 6) is -6.71. The number of amides is 1. The first-order valence-corrected chi connectivity index (χ1v) is 10.1. The maximum Gasteiger partial charge on any atom is 0.418 e. The molecule has 0 atom stereocenters. The normalized spacial score (nSPS) is 13.0. The Kier molecular flexibility index (Phi) is 6.07. The molecule has 0 bridgehead atoms. The minimum atomic E-state index is -5.12. The minimum absolute atomic E-state index is 0.00392. The highest BCUT2D eigenvalue weighted by Crippen LogP contribution is 2.43. The van der Waals surface area contributed by atoms with E-state index in [2.05, 4.69) is 5.32 Å². The van der Waals surface area contributed by atoms with Gasteiger partial charge in [0.2, 0.25) is 6.20 Å². The maximum atomic E-state index is 15.0. The van der Waals surface area contributed by atoms with Crippen LogP contribution in [0.4, 0.5) is 32.0 Å². The smallest absolute Gasteiger partial charge is 0.418 e. The lowest BCUT2D eigenvalue weighted by molar-refractivity contribution is -0.604. The standard InChI is InChI=1S/C22H13ClF6N2O3/c23-18-13(22(27,28)29)7-16(34-15-8-14(24)19(25)12-5-1-4-11(12)15)17(20(18)26)21(32)30-10-3-2-6-31(33)9-10/h2-3,6-9H,1,4-5H2,(H,30,32). The molecule has 1 aliphatic rings. The van der Waals surface area contributed by atoms with Crippen molar-refractivity contribution in [1.29, 1.82) is 0 Å². The highest BCUT2D eigenvalue weighted by atomic mass is 35.5. The Balaban J connectivity index is 1.86. The Labute approximate surface area is 193 Å². The zero-order chi connectivity index (χ0) is 24.8. The van der Waals surface area contributed by atoms with Gasteiger partial charge in [0, 0.05) is 17.7 Å². The van der Waals surface area contributed by atoms with Gasteiger partial charge in [0.05, 0.1) is 10.6 Å². The highest BCUT2D eigenvalue weighted by molar-refractivity contribution is 6.32. The van der Waals surface area contributed by atoms with Gasteiger partial charge < -0.3 is 15.3 Å². The number of pyridine rings is 1. The predicted octanol–water partition coefficient (Wildman–Crippen LogP) is 5.94. The topological polar surface area (TPSA) is 65.3 Å². The third kappa shape index (κ3) is 4.35. The van der Waals surface area contributed by atoms with E-state index in [1.54, 1.807) is 0 Å². The predicted molar refractivity (Wildman–Crippen MR) is 108 cm³/mol. The number of nitrogens with one attached hydrogen (secondary N) is 1. The number of anilines is 1. The molecule has 0 saturated carbocycles. The molecule has 2 aromatic carbocycles. The molecule has 34 heavy (non-hydrogen) atoms. The SMILES string of the molecule is O=C(Nc1ccc[n+]([O-])c1)c1c(Oc2cc(F)c(F)c3c2CCC3)cc(C(F)(F)F)c(Cl)c1F.